The summed E-state index contributed by atoms with van der Waals surface area (Å²) in [6.07, 6.45) is 5.55. The van der Waals surface area contributed by atoms with E-state index >= 15 is 0 Å². The molecule has 0 saturated carbocycles. The van der Waals surface area contributed by atoms with E-state index in [9.17, 15) is 0 Å². The SMILES string of the molecule is BN(C1CC2CCC(C1)N2C(C)(C)C)C(C)(C)C. The predicted octanol–water partition coefficient (Wildman–Crippen LogP) is 2.43. The molecule has 104 valence electrons. The summed E-state index contributed by atoms with van der Waals surface area (Å²) in [6.45, 7) is 14.2. The van der Waals surface area contributed by atoms with Crippen molar-refractivity contribution in [2.24, 2.45) is 0 Å². The van der Waals surface area contributed by atoms with Gasteiger partial charge in [-0.3, -0.25) is 4.90 Å². The van der Waals surface area contributed by atoms with Crippen LogP contribution in [0, 0.1) is 0 Å². The van der Waals surface area contributed by atoms with Gasteiger partial charge in [-0.25, -0.2) is 0 Å². The number of hydrogen-bond donors (Lipinski definition) is 0. The first kappa shape index (κ1) is 14.4. The van der Waals surface area contributed by atoms with Gasteiger partial charge < -0.3 is 4.81 Å². The van der Waals surface area contributed by atoms with E-state index in [4.69, 9.17) is 0 Å². The fourth-order valence-corrected chi connectivity index (χ4v) is 4.11. The Balaban J connectivity index is 2.09. The molecule has 0 aromatic heterocycles. The normalized spacial score (nSPS) is 34.3. The van der Waals surface area contributed by atoms with Crippen molar-refractivity contribution in [3.05, 3.63) is 0 Å². The molecule has 0 aromatic rings. The van der Waals surface area contributed by atoms with Crippen molar-refractivity contribution in [1.29, 1.82) is 0 Å². The van der Waals surface area contributed by atoms with E-state index < -0.39 is 0 Å². The van der Waals surface area contributed by atoms with E-state index in [1.54, 1.807) is 0 Å². The Bertz CT molecular complexity index is 289. The molecule has 18 heavy (non-hydrogen) atoms. The highest BCUT2D eigenvalue weighted by Gasteiger charge is 2.46. The summed E-state index contributed by atoms with van der Waals surface area (Å²) >= 11 is 0. The Kier molecular flexibility index (Phi) is 3.62. The molecule has 2 heterocycles. The van der Waals surface area contributed by atoms with E-state index in [1.165, 1.54) is 25.7 Å². The summed E-state index contributed by atoms with van der Waals surface area (Å²) in [5.74, 6) is 0. The molecule has 2 rings (SSSR count). The van der Waals surface area contributed by atoms with E-state index in [0.29, 0.717) is 11.1 Å². The van der Waals surface area contributed by atoms with Crippen LogP contribution in [0.3, 0.4) is 0 Å². The van der Waals surface area contributed by atoms with Crippen molar-refractivity contribution < 1.29 is 0 Å². The fourth-order valence-electron chi connectivity index (χ4n) is 4.11. The maximum absolute atomic E-state index is 2.81. The summed E-state index contributed by atoms with van der Waals surface area (Å²) in [7, 11) is 2.32. The number of nitrogens with zero attached hydrogens (tertiary/aromatic N) is 2. The number of hydrogen-bond acceptors (Lipinski definition) is 2. The first-order valence-electron chi connectivity index (χ1n) is 7.62. The van der Waals surface area contributed by atoms with E-state index in [2.05, 4.69) is 59.2 Å². The van der Waals surface area contributed by atoms with Gasteiger partial charge in [-0.1, -0.05) is 0 Å². The summed E-state index contributed by atoms with van der Waals surface area (Å²) in [6, 6.07) is 2.41. The monoisotopic (exact) mass is 250 g/mol. The topological polar surface area (TPSA) is 6.48 Å². The molecular formula is C15H31BN2. The Morgan fingerprint density at radius 3 is 1.72 bits per heavy atom. The molecular weight excluding hydrogens is 219 g/mol. The van der Waals surface area contributed by atoms with Gasteiger partial charge in [0.05, 0.1) is 0 Å². The molecule has 2 unspecified atom stereocenters. The van der Waals surface area contributed by atoms with Gasteiger partial charge in [0.1, 0.15) is 0 Å². The fraction of sp³-hybridized carbons (Fsp3) is 1.00. The molecule has 2 nitrogen and oxygen atoms in total. The largest absolute Gasteiger partial charge is 0.342 e. The average molecular weight is 250 g/mol. The maximum Gasteiger partial charge on any atom is 0.186 e. The first-order valence-corrected chi connectivity index (χ1v) is 7.62. The highest BCUT2D eigenvalue weighted by Crippen LogP contribution is 2.42. The van der Waals surface area contributed by atoms with Gasteiger partial charge in [0.15, 0.2) is 7.98 Å². The van der Waals surface area contributed by atoms with Crippen LogP contribution in [0.1, 0.15) is 67.2 Å². The van der Waals surface area contributed by atoms with Crippen LogP contribution in [-0.4, -0.2) is 46.9 Å². The highest BCUT2D eigenvalue weighted by atomic mass is 15.3. The van der Waals surface area contributed by atoms with Crippen LogP contribution in [0.2, 0.25) is 0 Å². The first-order chi connectivity index (χ1) is 8.10. The van der Waals surface area contributed by atoms with Gasteiger partial charge in [0, 0.05) is 29.2 Å². The lowest BCUT2D eigenvalue weighted by atomic mass is 9.86. The zero-order valence-electron chi connectivity index (χ0n) is 13.5. The van der Waals surface area contributed by atoms with Crippen LogP contribution in [0.5, 0.6) is 0 Å². The Labute approximate surface area is 115 Å². The van der Waals surface area contributed by atoms with Crippen molar-refractivity contribution in [3.8, 4) is 0 Å². The number of rotatable bonds is 1. The van der Waals surface area contributed by atoms with Crippen molar-refractivity contribution in [3.63, 3.8) is 0 Å². The van der Waals surface area contributed by atoms with Gasteiger partial charge >= 0.3 is 0 Å². The molecule has 2 saturated heterocycles. The average Bonchev–Trinajstić information content (AvgIpc) is 2.48. The second-order valence-corrected chi connectivity index (χ2v) is 8.37. The minimum absolute atomic E-state index is 0.300. The Morgan fingerprint density at radius 2 is 1.39 bits per heavy atom. The van der Waals surface area contributed by atoms with Crippen LogP contribution in [-0.2, 0) is 0 Å². The zero-order chi connectivity index (χ0) is 13.7. The minimum Gasteiger partial charge on any atom is -0.342 e. The third-order valence-electron chi connectivity index (χ3n) is 5.09. The van der Waals surface area contributed by atoms with E-state index in [1.807, 2.05) is 0 Å². The van der Waals surface area contributed by atoms with Gasteiger partial charge in [0.2, 0.25) is 0 Å². The molecule has 2 fully saturated rings. The van der Waals surface area contributed by atoms with E-state index in [0.717, 1.165) is 18.1 Å². The molecule has 0 spiro atoms. The quantitative estimate of drug-likeness (QED) is 0.659. The minimum atomic E-state index is 0.300. The highest BCUT2D eigenvalue weighted by molar-refractivity contribution is 6.05. The second-order valence-electron chi connectivity index (χ2n) is 8.37. The van der Waals surface area contributed by atoms with Crippen LogP contribution in [0.25, 0.3) is 0 Å². The molecule has 0 aliphatic carbocycles. The van der Waals surface area contributed by atoms with Crippen molar-refractivity contribution in [2.75, 3.05) is 0 Å². The van der Waals surface area contributed by atoms with Gasteiger partial charge in [-0.2, -0.15) is 0 Å². The standard InChI is InChI=1S/C15H31BN2/c1-14(2,3)17-11-7-8-12(17)10-13(9-11)18(16)15(4,5)6/h11-13H,7-10,16H2,1-6H3. The predicted molar refractivity (Wildman–Crippen MR) is 81.6 cm³/mol. The second kappa shape index (κ2) is 4.52. The lowest BCUT2D eigenvalue weighted by Crippen LogP contribution is -2.58. The molecule has 0 aromatic carbocycles. The van der Waals surface area contributed by atoms with Crippen molar-refractivity contribution in [2.45, 2.75) is 96.4 Å². The van der Waals surface area contributed by atoms with Crippen LogP contribution < -0.4 is 0 Å². The van der Waals surface area contributed by atoms with Gasteiger partial charge in [-0.05, 0) is 67.2 Å². The summed E-state index contributed by atoms with van der Waals surface area (Å²) < 4.78 is 0. The summed E-state index contributed by atoms with van der Waals surface area (Å²) in [5, 5.41) is 0. The van der Waals surface area contributed by atoms with Crippen molar-refractivity contribution in [1.82, 2.24) is 9.71 Å². The Morgan fingerprint density at radius 1 is 0.944 bits per heavy atom. The Hall–Kier alpha value is -0.0151. The van der Waals surface area contributed by atoms with E-state index in [-0.39, 0.29) is 0 Å². The van der Waals surface area contributed by atoms with Crippen molar-refractivity contribution >= 4 is 7.98 Å². The maximum atomic E-state index is 2.81. The van der Waals surface area contributed by atoms with Crippen LogP contribution >= 0.6 is 0 Å². The summed E-state index contributed by atoms with van der Waals surface area (Å²) in [4.78, 5) is 5.42. The number of fused-ring (bicyclic) bond motifs is 2. The third-order valence-corrected chi connectivity index (χ3v) is 5.09. The van der Waals surface area contributed by atoms with Gasteiger partial charge in [0.25, 0.3) is 0 Å². The smallest absolute Gasteiger partial charge is 0.186 e. The zero-order valence-corrected chi connectivity index (χ0v) is 13.5. The molecule has 0 N–H and O–H groups in total. The molecule has 3 heteroatoms. The molecule has 0 radical (unpaired) electrons. The molecule has 2 aliphatic rings. The molecule has 2 bridgehead atoms. The molecule has 0 amide bonds. The van der Waals surface area contributed by atoms with Gasteiger partial charge in [-0.15, -0.1) is 0 Å². The van der Waals surface area contributed by atoms with Crippen LogP contribution in [0.4, 0.5) is 0 Å². The third kappa shape index (κ3) is 2.62. The van der Waals surface area contributed by atoms with Crippen LogP contribution in [0.15, 0.2) is 0 Å². The summed E-state index contributed by atoms with van der Waals surface area (Å²) in [5.41, 5.74) is 0.644. The number of piperidine rings is 1. The lowest BCUT2D eigenvalue weighted by molar-refractivity contribution is 0.00627. The molecule has 2 aliphatic heterocycles. The lowest BCUT2D eigenvalue weighted by Gasteiger charge is -2.51. The molecule has 2 atom stereocenters.